The molecule has 1 aromatic heterocycles. The molecule has 16 heavy (non-hydrogen) atoms. The highest BCUT2D eigenvalue weighted by molar-refractivity contribution is 14.1. The summed E-state index contributed by atoms with van der Waals surface area (Å²) in [5.41, 5.74) is 1.27. The van der Waals surface area contributed by atoms with Gasteiger partial charge in [0.25, 0.3) is 0 Å². The summed E-state index contributed by atoms with van der Waals surface area (Å²) in [5.74, 6) is 0.974. The molecule has 1 N–H and O–H groups in total. The Bertz CT molecular complexity index is 452. The smallest absolute Gasteiger partial charge is 0.164 e. The fraction of sp³-hybridized carbons (Fsp3) is 0.167. The van der Waals surface area contributed by atoms with Crippen LogP contribution in [-0.4, -0.2) is 0 Å². The SMILES string of the molecule is Brc1ccc(CNCc2ccc(I)o2)cc1. The molecule has 2 nitrogen and oxygen atoms in total. The minimum Gasteiger partial charge on any atom is -0.454 e. The van der Waals surface area contributed by atoms with E-state index in [0.29, 0.717) is 0 Å². The zero-order chi connectivity index (χ0) is 11.4. The van der Waals surface area contributed by atoms with E-state index in [-0.39, 0.29) is 0 Å². The number of nitrogens with one attached hydrogen (secondary N) is 1. The van der Waals surface area contributed by atoms with E-state index in [1.807, 2.05) is 24.3 Å². The van der Waals surface area contributed by atoms with Crippen molar-refractivity contribution < 1.29 is 4.42 Å². The van der Waals surface area contributed by atoms with Gasteiger partial charge >= 0.3 is 0 Å². The van der Waals surface area contributed by atoms with Crippen LogP contribution in [0.4, 0.5) is 0 Å². The highest BCUT2D eigenvalue weighted by Gasteiger charge is 1.98. The number of hydrogen-bond donors (Lipinski definition) is 1. The van der Waals surface area contributed by atoms with Crippen molar-refractivity contribution in [1.29, 1.82) is 0 Å². The summed E-state index contributed by atoms with van der Waals surface area (Å²) in [6, 6.07) is 12.3. The maximum Gasteiger partial charge on any atom is 0.164 e. The molecule has 0 bridgehead atoms. The van der Waals surface area contributed by atoms with Crippen molar-refractivity contribution in [1.82, 2.24) is 5.32 Å². The monoisotopic (exact) mass is 391 g/mol. The average Bonchev–Trinajstić information content (AvgIpc) is 2.67. The van der Waals surface area contributed by atoms with Crippen molar-refractivity contribution in [2.45, 2.75) is 13.1 Å². The third-order valence-electron chi connectivity index (χ3n) is 2.17. The molecule has 1 heterocycles. The van der Waals surface area contributed by atoms with Crippen molar-refractivity contribution >= 4 is 38.5 Å². The minimum atomic E-state index is 0.763. The molecule has 0 radical (unpaired) electrons. The van der Waals surface area contributed by atoms with Crippen molar-refractivity contribution in [2.24, 2.45) is 0 Å². The molecule has 0 unspecified atom stereocenters. The van der Waals surface area contributed by atoms with Gasteiger partial charge in [-0.2, -0.15) is 0 Å². The van der Waals surface area contributed by atoms with Gasteiger partial charge < -0.3 is 9.73 Å². The van der Waals surface area contributed by atoms with Crippen LogP contribution in [0, 0.1) is 3.77 Å². The Labute approximate surface area is 117 Å². The Balaban J connectivity index is 1.82. The summed E-state index contributed by atoms with van der Waals surface area (Å²) in [5, 5.41) is 3.34. The van der Waals surface area contributed by atoms with E-state index in [9.17, 15) is 0 Å². The summed E-state index contributed by atoms with van der Waals surface area (Å²) in [4.78, 5) is 0. The largest absolute Gasteiger partial charge is 0.454 e. The van der Waals surface area contributed by atoms with Gasteiger partial charge in [0, 0.05) is 11.0 Å². The van der Waals surface area contributed by atoms with Gasteiger partial charge in [-0.25, -0.2) is 0 Å². The Morgan fingerprint density at radius 2 is 1.81 bits per heavy atom. The standard InChI is InChI=1S/C12H11BrINO/c13-10-3-1-9(2-4-10)7-15-8-11-5-6-12(14)16-11/h1-6,15H,7-8H2. The van der Waals surface area contributed by atoms with Crippen LogP contribution in [0.1, 0.15) is 11.3 Å². The number of benzene rings is 1. The van der Waals surface area contributed by atoms with Gasteiger partial charge in [-0.05, 0) is 52.4 Å². The molecule has 0 saturated heterocycles. The second-order valence-corrected chi connectivity index (χ2v) is 5.41. The highest BCUT2D eigenvalue weighted by atomic mass is 127. The van der Waals surface area contributed by atoms with Crippen LogP contribution < -0.4 is 5.32 Å². The van der Waals surface area contributed by atoms with Gasteiger partial charge in [0.15, 0.2) is 3.77 Å². The second kappa shape index (κ2) is 5.84. The lowest BCUT2D eigenvalue weighted by atomic mass is 10.2. The van der Waals surface area contributed by atoms with Gasteiger partial charge in [0.1, 0.15) is 5.76 Å². The van der Waals surface area contributed by atoms with Crippen LogP contribution in [0.5, 0.6) is 0 Å². The topological polar surface area (TPSA) is 25.2 Å². The first-order valence-corrected chi connectivity index (χ1v) is 6.80. The minimum absolute atomic E-state index is 0.763. The molecule has 1 aromatic carbocycles. The molecule has 2 rings (SSSR count). The first-order valence-electron chi connectivity index (χ1n) is 4.93. The molecule has 0 aliphatic carbocycles. The molecule has 0 amide bonds. The van der Waals surface area contributed by atoms with Gasteiger partial charge in [0.2, 0.25) is 0 Å². The Morgan fingerprint density at radius 3 is 2.44 bits per heavy atom. The van der Waals surface area contributed by atoms with Crippen LogP contribution in [0.15, 0.2) is 45.3 Å². The molecule has 0 fully saturated rings. The summed E-state index contributed by atoms with van der Waals surface area (Å²) in [6.07, 6.45) is 0. The summed E-state index contributed by atoms with van der Waals surface area (Å²) in [6.45, 7) is 1.61. The molecule has 0 atom stereocenters. The lowest BCUT2D eigenvalue weighted by molar-refractivity contribution is 0.463. The first kappa shape index (κ1) is 12.1. The predicted molar refractivity (Wildman–Crippen MR) is 76.1 cm³/mol. The lowest BCUT2D eigenvalue weighted by Gasteiger charge is -2.03. The van der Waals surface area contributed by atoms with Crippen molar-refractivity contribution in [3.8, 4) is 0 Å². The fourth-order valence-electron chi connectivity index (χ4n) is 1.38. The highest BCUT2D eigenvalue weighted by Crippen LogP contribution is 2.11. The van der Waals surface area contributed by atoms with E-state index in [0.717, 1.165) is 27.1 Å². The molecular formula is C12H11BrINO. The normalized spacial score (nSPS) is 10.6. The van der Waals surface area contributed by atoms with E-state index in [1.165, 1.54) is 5.56 Å². The number of furan rings is 1. The van der Waals surface area contributed by atoms with E-state index in [1.54, 1.807) is 0 Å². The maximum absolute atomic E-state index is 5.46. The zero-order valence-electron chi connectivity index (χ0n) is 8.54. The van der Waals surface area contributed by atoms with Crippen molar-refractivity contribution in [2.75, 3.05) is 0 Å². The summed E-state index contributed by atoms with van der Waals surface area (Å²) < 4.78 is 7.49. The molecule has 84 valence electrons. The van der Waals surface area contributed by atoms with Crippen LogP contribution in [0.3, 0.4) is 0 Å². The van der Waals surface area contributed by atoms with Crippen LogP contribution in [-0.2, 0) is 13.1 Å². The summed E-state index contributed by atoms with van der Waals surface area (Å²) in [7, 11) is 0. The van der Waals surface area contributed by atoms with E-state index in [4.69, 9.17) is 4.42 Å². The number of halogens is 2. The average molecular weight is 392 g/mol. The predicted octanol–water partition coefficient (Wildman–Crippen LogP) is 3.94. The Hall–Kier alpha value is -0.330. The number of hydrogen-bond acceptors (Lipinski definition) is 2. The second-order valence-electron chi connectivity index (χ2n) is 3.44. The maximum atomic E-state index is 5.46. The van der Waals surface area contributed by atoms with Crippen LogP contribution in [0.2, 0.25) is 0 Å². The van der Waals surface area contributed by atoms with Gasteiger partial charge in [0.05, 0.1) is 6.54 Å². The molecule has 0 saturated carbocycles. The van der Waals surface area contributed by atoms with Gasteiger partial charge in [-0.3, -0.25) is 0 Å². The van der Waals surface area contributed by atoms with Gasteiger partial charge in [-0.1, -0.05) is 28.1 Å². The molecule has 4 heteroatoms. The number of rotatable bonds is 4. The van der Waals surface area contributed by atoms with E-state index >= 15 is 0 Å². The molecule has 2 aromatic rings. The van der Waals surface area contributed by atoms with Crippen LogP contribution >= 0.6 is 38.5 Å². The third kappa shape index (κ3) is 3.61. The molecular weight excluding hydrogens is 381 g/mol. The lowest BCUT2D eigenvalue weighted by Crippen LogP contribution is -2.11. The zero-order valence-corrected chi connectivity index (χ0v) is 12.3. The molecule has 0 aliphatic rings. The Morgan fingerprint density at radius 1 is 1.06 bits per heavy atom. The first-order chi connectivity index (χ1) is 7.74. The van der Waals surface area contributed by atoms with Gasteiger partial charge in [-0.15, -0.1) is 0 Å². The quantitative estimate of drug-likeness (QED) is 0.798. The summed E-state index contributed by atoms with van der Waals surface area (Å²) >= 11 is 5.58. The fourth-order valence-corrected chi connectivity index (χ4v) is 2.11. The van der Waals surface area contributed by atoms with E-state index < -0.39 is 0 Å². The molecule has 0 aliphatic heterocycles. The third-order valence-corrected chi connectivity index (χ3v) is 3.28. The van der Waals surface area contributed by atoms with Crippen molar-refractivity contribution in [3.05, 3.63) is 56.0 Å². The van der Waals surface area contributed by atoms with Crippen molar-refractivity contribution in [3.63, 3.8) is 0 Å². The Kier molecular flexibility index (Phi) is 4.43. The molecule has 0 spiro atoms. The van der Waals surface area contributed by atoms with E-state index in [2.05, 4.69) is 56.0 Å². The van der Waals surface area contributed by atoms with Crippen LogP contribution in [0.25, 0.3) is 0 Å².